The second kappa shape index (κ2) is 3.05. The van der Waals surface area contributed by atoms with Gasteiger partial charge >= 0.3 is 0 Å². The summed E-state index contributed by atoms with van der Waals surface area (Å²) in [5, 5.41) is 5.48. The molecule has 0 radical (unpaired) electrons. The summed E-state index contributed by atoms with van der Waals surface area (Å²) >= 11 is 1.48. The van der Waals surface area contributed by atoms with Gasteiger partial charge in [-0.25, -0.2) is 4.98 Å². The summed E-state index contributed by atoms with van der Waals surface area (Å²) in [6.07, 6.45) is 5.27. The minimum absolute atomic E-state index is 0.173. The van der Waals surface area contributed by atoms with Gasteiger partial charge in [-0.05, 0) is 31.1 Å². The Balaban J connectivity index is 1.60. The first kappa shape index (κ1) is 8.41. The first-order valence-corrected chi connectivity index (χ1v) is 5.91. The average molecular weight is 208 g/mol. The molecular weight excluding hydrogens is 196 g/mol. The van der Waals surface area contributed by atoms with Crippen LogP contribution in [0.2, 0.25) is 0 Å². The van der Waals surface area contributed by atoms with Crippen LogP contribution in [0.3, 0.4) is 0 Å². The Morgan fingerprint density at radius 2 is 2.21 bits per heavy atom. The van der Waals surface area contributed by atoms with E-state index in [2.05, 4.69) is 10.3 Å². The summed E-state index contributed by atoms with van der Waals surface area (Å²) in [4.78, 5) is 15.8. The van der Waals surface area contributed by atoms with Gasteiger partial charge < -0.3 is 5.32 Å². The Bertz CT molecular complexity index is 339. The van der Waals surface area contributed by atoms with Crippen molar-refractivity contribution < 1.29 is 4.79 Å². The summed E-state index contributed by atoms with van der Waals surface area (Å²) in [6, 6.07) is 0. The highest BCUT2D eigenvalue weighted by molar-refractivity contribution is 7.13. The van der Waals surface area contributed by atoms with E-state index in [-0.39, 0.29) is 11.8 Å². The molecule has 0 aromatic carbocycles. The fraction of sp³-hybridized carbons (Fsp3) is 0.600. The van der Waals surface area contributed by atoms with Crippen LogP contribution in [0.5, 0.6) is 0 Å². The molecule has 1 aromatic rings. The number of nitrogens with one attached hydrogen (secondary N) is 1. The van der Waals surface area contributed by atoms with Crippen LogP contribution >= 0.6 is 11.3 Å². The zero-order valence-electron chi connectivity index (χ0n) is 7.77. The number of nitrogens with zero attached hydrogens (tertiary/aromatic N) is 1. The smallest absolute Gasteiger partial charge is 0.229 e. The van der Waals surface area contributed by atoms with Crippen molar-refractivity contribution in [2.75, 3.05) is 5.32 Å². The predicted octanol–water partition coefficient (Wildman–Crippen LogP) is 2.13. The third-order valence-corrected chi connectivity index (χ3v) is 3.97. The zero-order chi connectivity index (χ0) is 9.54. The number of aromatic nitrogens is 1. The Hall–Kier alpha value is -0.900. The summed E-state index contributed by atoms with van der Waals surface area (Å²) in [7, 11) is 0. The van der Waals surface area contributed by atoms with Gasteiger partial charge in [0.15, 0.2) is 5.13 Å². The fourth-order valence-electron chi connectivity index (χ4n) is 2.42. The number of rotatable bonds is 2. The Morgan fingerprint density at radius 1 is 1.43 bits per heavy atom. The zero-order valence-corrected chi connectivity index (χ0v) is 8.59. The highest BCUT2D eigenvalue weighted by Crippen LogP contribution is 2.54. The van der Waals surface area contributed by atoms with Crippen molar-refractivity contribution in [3.05, 3.63) is 11.6 Å². The lowest BCUT2D eigenvalue weighted by atomic mass is 10.0. The van der Waals surface area contributed by atoms with Gasteiger partial charge in [-0.3, -0.25) is 4.79 Å². The van der Waals surface area contributed by atoms with Crippen molar-refractivity contribution >= 4 is 22.4 Å². The first-order chi connectivity index (χ1) is 6.83. The lowest BCUT2D eigenvalue weighted by molar-refractivity contribution is -0.120. The maximum absolute atomic E-state index is 11.7. The number of hydrogen-bond donors (Lipinski definition) is 1. The second-order valence-corrected chi connectivity index (χ2v) is 5.15. The molecule has 0 saturated heterocycles. The van der Waals surface area contributed by atoms with Gasteiger partial charge in [0, 0.05) is 17.5 Å². The van der Waals surface area contributed by atoms with Crippen LogP contribution in [0.15, 0.2) is 11.6 Å². The lowest BCUT2D eigenvalue weighted by Crippen LogP contribution is -2.21. The fourth-order valence-corrected chi connectivity index (χ4v) is 2.95. The molecule has 2 aliphatic carbocycles. The summed E-state index contributed by atoms with van der Waals surface area (Å²) < 4.78 is 0. The van der Waals surface area contributed by atoms with Crippen molar-refractivity contribution in [1.29, 1.82) is 0 Å². The van der Waals surface area contributed by atoms with Crippen LogP contribution in [0.1, 0.15) is 19.3 Å². The van der Waals surface area contributed by atoms with E-state index in [1.807, 2.05) is 5.38 Å². The molecule has 0 bridgehead atoms. The SMILES string of the molecule is O=C(Nc1nccs1)C1CC2CC2C1. The third-order valence-electron chi connectivity index (χ3n) is 3.28. The normalized spacial score (nSPS) is 33.9. The van der Waals surface area contributed by atoms with Crippen molar-refractivity contribution in [1.82, 2.24) is 4.98 Å². The molecule has 1 N–H and O–H groups in total. The minimum Gasteiger partial charge on any atom is -0.302 e. The van der Waals surface area contributed by atoms with E-state index in [0.29, 0.717) is 0 Å². The maximum Gasteiger partial charge on any atom is 0.229 e. The first-order valence-electron chi connectivity index (χ1n) is 5.03. The molecule has 2 unspecified atom stereocenters. The van der Waals surface area contributed by atoms with E-state index in [1.165, 1.54) is 17.8 Å². The lowest BCUT2D eigenvalue weighted by Gasteiger charge is -2.09. The molecule has 4 heteroatoms. The molecule has 2 aliphatic rings. The standard InChI is InChI=1S/C10H12N2OS/c13-9(12-10-11-1-2-14-10)8-4-6-3-7(6)5-8/h1-2,6-8H,3-5H2,(H,11,12,13). The van der Waals surface area contributed by atoms with Gasteiger partial charge in [-0.1, -0.05) is 0 Å². The van der Waals surface area contributed by atoms with Crippen LogP contribution in [0, 0.1) is 17.8 Å². The largest absolute Gasteiger partial charge is 0.302 e. The minimum atomic E-state index is 0.173. The maximum atomic E-state index is 11.7. The van der Waals surface area contributed by atoms with Gasteiger partial charge in [-0.15, -0.1) is 11.3 Å². The Kier molecular flexibility index (Phi) is 1.83. The highest BCUT2D eigenvalue weighted by Gasteiger charge is 2.48. The summed E-state index contributed by atoms with van der Waals surface area (Å²) in [5.41, 5.74) is 0. The number of fused-ring (bicyclic) bond motifs is 1. The molecule has 3 rings (SSSR count). The number of hydrogen-bond acceptors (Lipinski definition) is 3. The van der Waals surface area contributed by atoms with Crippen molar-refractivity contribution in [2.24, 2.45) is 17.8 Å². The van der Waals surface area contributed by atoms with E-state index < -0.39 is 0 Å². The summed E-state index contributed by atoms with van der Waals surface area (Å²) in [6.45, 7) is 0. The van der Waals surface area contributed by atoms with E-state index in [1.54, 1.807) is 6.20 Å². The molecule has 0 spiro atoms. The molecule has 1 aromatic heterocycles. The molecule has 0 aliphatic heterocycles. The Morgan fingerprint density at radius 3 is 2.86 bits per heavy atom. The molecule has 1 heterocycles. The highest BCUT2D eigenvalue weighted by atomic mass is 32.1. The molecular formula is C10H12N2OS. The second-order valence-electron chi connectivity index (χ2n) is 4.25. The van der Waals surface area contributed by atoms with E-state index in [9.17, 15) is 4.79 Å². The third kappa shape index (κ3) is 1.43. The van der Waals surface area contributed by atoms with Gasteiger partial charge in [0.2, 0.25) is 5.91 Å². The molecule has 3 nitrogen and oxygen atoms in total. The van der Waals surface area contributed by atoms with E-state index >= 15 is 0 Å². The van der Waals surface area contributed by atoms with Gasteiger partial charge in [-0.2, -0.15) is 0 Å². The molecule has 1 amide bonds. The van der Waals surface area contributed by atoms with Crippen LogP contribution in [0.4, 0.5) is 5.13 Å². The van der Waals surface area contributed by atoms with Crippen LogP contribution in [0.25, 0.3) is 0 Å². The number of carbonyl (C=O) groups is 1. The molecule has 2 atom stereocenters. The molecule has 74 valence electrons. The van der Waals surface area contributed by atoms with E-state index in [4.69, 9.17) is 0 Å². The van der Waals surface area contributed by atoms with Gasteiger partial charge in [0.05, 0.1) is 0 Å². The number of anilines is 1. The van der Waals surface area contributed by atoms with Crippen molar-refractivity contribution in [3.8, 4) is 0 Å². The molecule has 14 heavy (non-hydrogen) atoms. The van der Waals surface area contributed by atoms with Crippen molar-refractivity contribution in [3.63, 3.8) is 0 Å². The average Bonchev–Trinajstić information content (AvgIpc) is 2.68. The number of thiazole rings is 1. The predicted molar refractivity (Wildman–Crippen MR) is 55.1 cm³/mol. The van der Waals surface area contributed by atoms with Gasteiger partial charge in [0.25, 0.3) is 0 Å². The van der Waals surface area contributed by atoms with Gasteiger partial charge in [0.1, 0.15) is 0 Å². The molecule has 2 saturated carbocycles. The monoisotopic (exact) mass is 208 g/mol. The van der Waals surface area contributed by atoms with E-state index in [0.717, 1.165) is 29.8 Å². The quantitative estimate of drug-likeness (QED) is 0.809. The number of carbonyl (C=O) groups excluding carboxylic acids is 1. The van der Waals surface area contributed by atoms with Crippen LogP contribution in [-0.2, 0) is 4.79 Å². The van der Waals surface area contributed by atoms with Crippen LogP contribution in [-0.4, -0.2) is 10.9 Å². The Labute approximate surface area is 86.5 Å². The number of amides is 1. The van der Waals surface area contributed by atoms with Crippen molar-refractivity contribution in [2.45, 2.75) is 19.3 Å². The molecule has 2 fully saturated rings. The summed E-state index contributed by atoms with van der Waals surface area (Å²) in [5.74, 6) is 2.15. The topological polar surface area (TPSA) is 42.0 Å². The van der Waals surface area contributed by atoms with Crippen LogP contribution < -0.4 is 5.32 Å².